The van der Waals surface area contributed by atoms with Crippen LogP contribution in [0.4, 0.5) is 0 Å². The Kier molecular flexibility index (Phi) is 43.2. The molecule has 39 heavy (non-hydrogen) atoms. The molecule has 0 saturated heterocycles. The van der Waals surface area contributed by atoms with Gasteiger partial charge in [-0.15, -0.1) is 6.58 Å². The summed E-state index contributed by atoms with van der Waals surface area (Å²) in [5, 5.41) is 17.1. The van der Waals surface area contributed by atoms with E-state index >= 15 is 0 Å². The monoisotopic (exact) mass is 574 g/mol. The van der Waals surface area contributed by atoms with E-state index in [0.717, 1.165) is 0 Å². The summed E-state index contributed by atoms with van der Waals surface area (Å²) < 4.78 is 57.7. The van der Waals surface area contributed by atoms with Crippen molar-refractivity contribution in [2.75, 3.05) is 159 Å². The van der Waals surface area contributed by atoms with Crippen molar-refractivity contribution in [3.63, 3.8) is 0 Å². The zero-order valence-electron chi connectivity index (χ0n) is 23.9. The van der Waals surface area contributed by atoms with E-state index in [0.29, 0.717) is 139 Å². The lowest BCUT2D eigenvalue weighted by atomic mass is 10.6. The summed E-state index contributed by atoms with van der Waals surface area (Å²) in [5.41, 5.74) is 0. The van der Waals surface area contributed by atoms with Crippen molar-refractivity contribution >= 4 is 0 Å². The standard InChI is InChI=1S/C22H46O12.C4H8O/c23-1-3-25-5-7-27-9-11-29-13-15-31-17-19-33-21-22-34-20-18-32-16-14-30-12-10-28-8-6-26-4-2-24;1-3-4-5-2/h23-24H,1-22H2;3H,1,4H2,2H3. The normalized spacial score (nSPS) is 10.9. The molecule has 0 unspecified atom stereocenters. The Hall–Kier alpha value is -0.780. The molecule has 0 aliphatic carbocycles. The number of aliphatic hydroxyl groups is 2. The first kappa shape index (κ1) is 40.4. The smallest absolute Gasteiger partial charge is 0.0701 e. The summed E-state index contributed by atoms with van der Waals surface area (Å²) in [6.07, 6.45) is 1.71. The van der Waals surface area contributed by atoms with Crippen LogP contribution in [0.3, 0.4) is 0 Å². The van der Waals surface area contributed by atoms with E-state index in [2.05, 4.69) is 11.3 Å². The third kappa shape index (κ3) is 44.5. The second-order valence-electron chi connectivity index (χ2n) is 7.31. The zero-order chi connectivity index (χ0) is 28.7. The fourth-order valence-electron chi connectivity index (χ4n) is 2.33. The number of rotatable bonds is 33. The van der Waals surface area contributed by atoms with E-state index in [4.69, 9.17) is 57.6 Å². The van der Waals surface area contributed by atoms with E-state index in [1.807, 2.05) is 0 Å². The Morgan fingerprint density at radius 1 is 0.385 bits per heavy atom. The molecule has 2 N–H and O–H groups in total. The summed E-state index contributed by atoms with van der Waals surface area (Å²) >= 11 is 0. The van der Waals surface area contributed by atoms with Gasteiger partial charge in [-0.05, 0) is 0 Å². The van der Waals surface area contributed by atoms with Crippen molar-refractivity contribution in [1.82, 2.24) is 0 Å². The lowest BCUT2D eigenvalue weighted by molar-refractivity contribution is -0.0271. The highest BCUT2D eigenvalue weighted by Crippen LogP contribution is 1.86. The van der Waals surface area contributed by atoms with Crippen molar-refractivity contribution in [3.8, 4) is 0 Å². The topological polar surface area (TPSA) is 142 Å². The van der Waals surface area contributed by atoms with Crippen LogP contribution in [0.25, 0.3) is 0 Å². The van der Waals surface area contributed by atoms with Crippen LogP contribution in [-0.2, 0) is 52.1 Å². The molecule has 0 aliphatic rings. The molecular weight excluding hydrogens is 520 g/mol. The second kappa shape index (κ2) is 41.7. The molecule has 0 rings (SSSR count). The van der Waals surface area contributed by atoms with E-state index < -0.39 is 0 Å². The fourth-order valence-corrected chi connectivity index (χ4v) is 2.33. The van der Waals surface area contributed by atoms with Gasteiger partial charge in [0.2, 0.25) is 0 Å². The van der Waals surface area contributed by atoms with E-state index in [-0.39, 0.29) is 13.2 Å². The molecule has 0 atom stereocenters. The van der Waals surface area contributed by atoms with Crippen LogP contribution in [0, 0.1) is 0 Å². The molecule has 0 aromatic heterocycles. The lowest BCUT2D eigenvalue weighted by Crippen LogP contribution is -2.15. The largest absolute Gasteiger partial charge is 0.394 e. The van der Waals surface area contributed by atoms with Crippen molar-refractivity contribution in [3.05, 3.63) is 12.7 Å². The molecule has 0 radical (unpaired) electrons. The predicted octanol–water partition coefficient (Wildman–Crippen LogP) is -0.0442. The van der Waals surface area contributed by atoms with Gasteiger partial charge < -0.3 is 62.3 Å². The van der Waals surface area contributed by atoms with Crippen molar-refractivity contribution in [1.29, 1.82) is 0 Å². The highest BCUT2D eigenvalue weighted by atomic mass is 16.6. The molecule has 0 amide bonds. The van der Waals surface area contributed by atoms with E-state index in [9.17, 15) is 0 Å². The molecule has 0 fully saturated rings. The first-order valence-corrected chi connectivity index (χ1v) is 13.4. The minimum absolute atomic E-state index is 0.0265. The third-order valence-corrected chi connectivity index (χ3v) is 4.10. The van der Waals surface area contributed by atoms with Gasteiger partial charge in [-0.25, -0.2) is 0 Å². The van der Waals surface area contributed by atoms with Crippen molar-refractivity contribution in [2.45, 2.75) is 0 Å². The fraction of sp³-hybridized carbons (Fsp3) is 0.923. The van der Waals surface area contributed by atoms with Gasteiger partial charge in [0.15, 0.2) is 0 Å². The molecule has 13 heteroatoms. The van der Waals surface area contributed by atoms with Crippen LogP contribution < -0.4 is 0 Å². The molecule has 0 bridgehead atoms. The molecule has 0 aromatic carbocycles. The maximum atomic E-state index is 8.54. The molecule has 0 spiro atoms. The van der Waals surface area contributed by atoms with Crippen molar-refractivity contribution in [2.24, 2.45) is 0 Å². The van der Waals surface area contributed by atoms with Gasteiger partial charge in [0, 0.05) is 7.11 Å². The van der Waals surface area contributed by atoms with E-state index in [1.54, 1.807) is 13.2 Å². The second-order valence-corrected chi connectivity index (χ2v) is 7.31. The molecule has 13 nitrogen and oxygen atoms in total. The quantitative estimate of drug-likeness (QED) is 0.0800. The Morgan fingerprint density at radius 2 is 0.564 bits per heavy atom. The number of aliphatic hydroxyl groups excluding tert-OH is 2. The number of hydrogen-bond acceptors (Lipinski definition) is 13. The van der Waals surface area contributed by atoms with Crippen LogP contribution in [0.5, 0.6) is 0 Å². The zero-order valence-corrected chi connectivity index (χ0v) is 23.9. The number of methoxy groups -OCH3 is 1. The summed E-state index contributed by atoms with van der Waals surface area (Å²) in [4.78, 5) is 0. The first-order valence-electron chi connectivity index (χ1n) is 13.4. The highest BCUT2D eigenvalue weighted by Gasteiger charge is 1.95. The van der Waals surface area contributed by atoms with Crippen LogP contribution in [0.15, 0.2) is 12.7 Å². The van der Waals surface area contributed by atoms with Gasteiger partial charge in [0.05, 0.1) is 152 Å². The average molecular weight is 575 g/mol. The molecule has 236 valence electrons. The molecular formula is C26H54O13. The van der Waals surface area contributed by atoms with Gasteiger partial charge >= 0.3 is 0 Å². The molecule has 0 aliphatic heterocycles. The maximum Gasteiger partial charge on any atom is 0.0701 e. The summed E-state index contributed by atoms with van der Waals surface area (Å²) in [6, 6.07) is 0. The number of ether oxygens (including phenoxy) is 11. The SMILES string of the molecule is C=CCOC.OCCOCCOCCOCCOCCOCCOCCOCCOCCOCCOCCO. The molecule has 0 heterocycles. The Bertz CT molecular complexity index is 387. The Balaban J connectivity index is 0. The van der Waals surface area contributed by atoms with Gasteiger partial charge in [0.25, 0.3) is 0 Å². The molecule has 0 saturated carbocycles. The van der Waals surface area contributed by atoms with Crippen LogP contribution in [0.2, 0.25) is 0 Å². The van der Waals surface area contributed by atoms with E-state index in [1.165, 1.54) is 0 Å². The third-order valence-electron chi connectivity index (χ3n) is 4.10. The summed E-state index contributed by atoms with van der Waals surface area (Å²) in [7, 11) is 1.64. The van der Waals surface area contributed by atoms with Crippen LogP contribution >= 0.6 is 0 Å². The van der Waals surface area contributed by atoms with Crippen LogP contribution in [-0.4, -0.2) is 169 Å². The lowest BCUT2D eigenvalue weighted by Gasteiger charge is -2.09. The van der Waals surface area contributed by atoms with Gasteiger partial charge in [-0.2, -0.15) is 0 Å². The van der Waals surface area contributed by atoms with Gasteiger partial charge in [-0.1, -0.05) is 6.08 Å². The Morgan fingerprint density at radius 3 is 0.667 bits per heavy atom. The van der Waals surface area contributed by atoms with Crippen molar-refractivity contribution < 1.29 is 62.3 Å². The molecule has 0 aromatic rings. The first-order chi connectivity index (χ1) is 19.3. The summed E-state index contributed by atoms with van der Waals surface area (Å²) in [6.45, 7) is 13.8. The Labute approximate surface area is 234 Å². The minimum Gasteiger partial charge on any atom is -0.394 e. The minimum atomic E-state index is 0.0265. The van der Waals surface area contributed by atoms with Crippen LogP contribution in [0.1, 0.15) is 0 Å². The maximum absolute atomic E-state index is 8.54. The predicted molar refractivity (Wildman–Crippen MR) is 144 cm³/mol. The summed E-state index contributed by atoms with van der Waals surface area (Å²) in [5.74, 6) is 0. The number of hydrogen-bond donors (Lipinski definition) is 2. The highest BCUT2D eigenvalue weighted by molar-refractivity contribution is 4.62. The van der Waals surface area contributed by atoms with Gasteiger partial charge in [0.1, 0.15) is 0 Å². The average Bonchev–Trinajstić information content (AvgIpc) is 2.95. The van der Waals surface area contributed by atoms with Gasteiger partial charge in [-0.3, -0.25) is 0 Å².